The lowest BCUT2D eigenvalue weighted by molar-refractivity contribution is -0.117. The molecule has 1 amide bonds. The molecule has 1 saturated heterocycles. The number of ether oxygens (including phenoxy) is 1. The Bertz CT molecular complexity index is 676. The molecule has 1 aliphatic heterocycles. The fourth-order valence-electron chi connectivity index (χ4n) is 2.80. The van der Waals surface area contributed by atoms with Gasteiger partial charge in [0.25, 0.3) is 0 Å². The van der Waals surface area contributed by atoms with Crippen molar-refractivity contribution in [3.05, 3.63) is 60.2 Å². The smallest absolute Gasteiger partial charge is 0.226 e. The number of hydrogen-bond donors (Lipinski definition) is 2. The largest absolute Gasteiger partial charge is 0.378 e. The number of thioether (sulfide) groups is 1. The first-order chi connectivity index (χ1) is 12.2. The van der Waals surface area contributed by atoms with Gasteiger partial charge in [-0.05, 0) is 36.8 Å². The molecule has 0 aliphatic carbocycles. The first kappa shape index (κ1) is 20.8. The van der Waals surface area contributed by atoms with Crippen LogP contribution in [0.3, 0.4) is 0 Å². The van der Waals surface area contributed by atoms with Crippen LogP contribution in [0.4, 0.5) is 5.69 Å². The SMILES string of the molecule is CC(Sc1ccccc1)c1ccc(NC(=O)CC2COCCN2)cc1.Cl. The van der Waals surface area contributed by atoms with Gasteiger partial charge in [-0.15, -0.1) is 24.2 Å². The minimum Gasteiger partial charge on any atom is -0.378 e. The van der Waals surface area contributed by atoms with Gasteiger partial charge in [0, 0.05) is 34.8 Å². The molecular weight excluding hydrogens is 368 g/mol. The summed E-state index contributed by atoms with van der Waals surface area (Å²) in [5, 5.41) is 6.62. The second kappa shape index (κ2) is 10.6. The molecule has 2 atom stereocenters. The number of nitrogens with one attached hydrogen (secondary N) is 2. The Kier molecular flexibility index (Phi) is 8.45. The van der Waals surface area contributed by atoms with Crippen molar-refractivity contribution >= 4 is 35.8 Å². The molecule has 0 bridgehead atoms. The first-order valence-electron chi connectivity index (χ1n) is 8.63. The lowest BCUT2D eigenvalue weighted by Crippen LogP contribution is -2.43. The Balaban J connectivity index is 0.00000243. The van der Waals surface area contributed by atoms with Gasteiger partial charge in [-0.25, -0.2) is 0 Å². The summed E-state index contributed by atoms with van der Waals surface area (Å²) in [5.41, 5.74) is 2.08. The van der Waals surface area contributed by atoms with E-state index in [9.17, 15) is 4.79 Å². The second-order valence-corrected chi connectivity index (χ2v) is 7.59. The van der Waals surface area contributed by atoms with Crippen LogP contribution in [-0.2, 0) is 9.53 Å². The third-order valence-electron chi connectivity index (χ3n) is 4.15. The first-order valence-corrected chi connectivity index (χ1v) is 9.51. The molecule has 1 heterocycles. The standard InChI is InChI=1S/C20H24N2O2S.ClH/c1-15(25-19-5-3-2-4-6-19)16-7-9-17(10-8-16)22-20(23)13-18-14-24-12-11-21-18;/h2-10,15,18,21H,11-14H2,1H3,(H,22,23);1H. The molecule has 2 aromatic carbocycles. The van der Waals surface area contributed by atoms with Crippen molar-refractivity contribution in [3.8, 4) is 0 Å². The van der Waals surface area contributed by atoms with Crippen molar-refractivity contribution in [1.29, 1.82) is 0 Å². The van der Waals surface area contributed by atoms with Crippen LogP contribution in [0.15, 0.2) is 59.5 Å². The van der Waals surface area contributed by atoms with E-state index in [0.29, 0.717) is 18.3 Å². The van der Waals surface area contributed by atoms with Crippen molar-refractivity contribution in [1.82, 2.24) is 5.32 Å². The summed E-state index contributed by atoms with van der Waals surface area (Å²) in [6.45, 7) is 4.32. The molecule has 2 aromatic rings. The Morgan fingerprint density at radius 2 is 1.96 bits per heavy atom. The quantitative estimate of drug-likeness (QED) is 0.720. The van der Waals surface area contributed by atoms with E-state index in [1.807, 2.05) is 30.0 Å². The maximum atomic E-state index is 12.1. The van der Waals surface area contributed by atoms with Crippen LogP contribution in [0.25, 0.3) is 0 Å². The third kappa shape index (κ3) is 6.32. The molecule has 3 rings (SSSR count). The maximum Gasteiger partial charge on any atom is 0.226 e. The maximum absolute atomic E-state index is 12.1. The van der Waals surface area contributed by atoms with Gasteiger partial charge < -0.3 is 15.4 Å². The van der Waals surface area contributed by atoms with Crippen LogP contribution in [0.2, 0.25) is 0 Å². The average Bonchev–Trinajstić information content (AvgIpc) is 2.64. The topological polar surface area (TPSA) is 50.4 Å². The third-order valence-corrected chi connectivity index (χ3v) is 5.32. The summed E-state index contributed by atoms with van der Waals surface area (Å²) in [6.07, 6.45) is 0.433. The van der Waals surface area contributed by atoms with E-state index in [1.54, 1.807) is 0 Å². The van der Waals surface area contributed by atoms with Crippen LogP contribution in [0.5, 0.6) is 0 Å². The van der Waals surface area contributed by atoms with E-state index >= 15 is 0 Å². The van der Waals surface area contributed by atoms with Gasteiger partial charge in [0.05, 0.1) is 13.2 Å². The zero-order valence-electron chi connectivity index (χ0n) is 14.8. The predicted octanol–water partition coefficient (Wildman–Crippen LogP) is 4.28. The minimum absolute atomic E-state index is 0. The van der Waals surface area contributed by atoms with E-state index < -0.39 is 0 Å². The highest BCUT2D eigenvalue weighted by Gasteiger charge is 2.17. The van der Waals surface area contributed by atoms with Gasteiger partial charge in [-0.2, -0.15) is 0 Å². The normalized spacial score (nSPS) is 17.8. The second-order valence-electron chi connectivity index (χ2n) is 6.17. The summed E-state index contributed by atoms with van der Waals surface area (Å²) in [5.74, 6) is 0.0162. The number of amides is 1. The van der Waals surface area contributed by atoms with Crippen molar-refractivity contribution in [2.75, 3.05) is 25.1 Å². The van der Waals surface area contributed by atoms with Crippen LogP contribution in [0, 0.1) is 0 Å². The van der Waals surface area contributed by atoms with E-state index in [0.717, 1.165) is 18.8 Å². The molecule has 6 heteroatoms. The average molecular weight is 393 g/mol. The summed E-state index contributed by atoms with van der Waals surface area (Å²) in [6, 6.07) is 18.6. The molecule has 0 aromatic heterocycles. The zero-order valence-corrected chi connectivity index (χ0v) is 16.4. The summed E-state index contributed by atoms with van der Waals surface area (Å²) in [7, 11) is 0. The van der Waals surface area contributed by atoms with Gasteiger partial charge in [-0.3, -0.25) is 4.79 Å². The van der Waals surface area contributed by atoms with Crippen LogP contribution < -0.4 is 10.6 Å². The minimum atomic E-state index is 0. The molecule has 140 valence electrons. The van der Waals surface area contributed by atoms with E-state index in [4.69, 9.17) is 4.74 Å². The highest BCUT2D eigenvalue weighted by Crippen LogP contribution is 2.34. The monoisotopic (exact) mass is 392 g/mol. The van der Waals surface area contributed by atoms with Crippen molar-refractivity contribution in [2.45, 2.75) is 29.5 Å². The highest BCUT2D eigenvalue weighted by atomic mass is 35.5. The zero-order chi connectivity index (χ0) is 17.5. The number of rotatable bonds is 6. The van der Waals surface area contributed by atoms with Gasteiger partial charge >= 0.3 is 0 Å². The summed E-state index contributed by atoms with van der Waals surface area (Å²) < 4.78 is 5.38. The van der Waals surface area contributed by atoms with Gasteiger partial charge in [0.15, 0.2) is 0 Å². The molecule has 2 unspecified atom stereocenters. The van der Waals surface area contributed by atoms with E-state index in [1.165, 1.54) is 10.5 Å². The molecule has 1 aliphatic rings. The van der Waals surface area contributed by atoms with Crippen LogP contribution >= 0.6 is 24.2 Å². The van der Waals surface area contributed by atoms with Gasteiger partial charge in [0.1, 0.15) is 0 Å². The lowest BCUT2D eigenvalue weighted by Gasteiger charge is -2.23. The Labute approximate surface area is 165 Å². The van der Waals surface area contributed by atoms with Crippen molar-refractivity contribution in [2.24, 2.45) is 0 Å². The number of hydrogen-bond acceptors (Lipinski definition) is 4. The number of carbonyl (C=O) groups excluding carboxylic acids is 1. The van der Waals surface area contributed by atoms with Gasteiger partial charge in [0.2, 0.25) is 5.91 Å². The Hall–Kier alpha value is -1.53. The van der Waals surface area contributed by atoms with Crippen molar-refractivity contribution in [3.63, 3.8) is 0 Å². The molecule has 1 fully saturated rings. The number of carbonyl (C=O) groups is 1. The number of halogens is 1. The molecular formula is C20H25ClN2O2S. The molecule has 0 spiro atoms. The molecule has 26 heavy (non-hydrogen) atoms. The van der Waals surface area contributed by atoms with Gasteiger partial charge in [-0.1, -0.05) is 30.3 Å². The predicted molar refractivity (Wildman–Crippen MR) is 110 cm³/mol. The van der Waals surface area contributed by atoms with Crippen LogP contribution in [0.1, 0.15) is 24.2 Å². The Morgan fingerprint density at radius 1 is 1.23 bits per heavy atom. The molecule has 4 nitrogen and oxygen atoms in total. The molecule has 2 N–H and O–H groups in total. The summed E-state index contributed by atoms with van der Waals surface area (Å²) >= 11 is 1.83. The fourth-order valence-corrected chi connectivity index (χ4v) is 3.81. The van der Waals surface area contributed by atoms with Crippen molar-refractivity contribution < 1.29 is 9.53 Å². The number of benzene rings is 2. The van der Waals surface area contributed by atoms with E-state index in [-0.39, 0.29) is 24.4 Å². The summed E-state index contributed by atoms with van der Waals surface area (Å²) in [4.78, 5) is 13.4. The fraction of sp³-hybridized carbons (Fsp3) is 0.350. The molecule has 0 radical (unpaired) electrons. The van der Waals surface area contributed by atoms with E-state index in [2.05, 4.69) is 54.0 Å². The number of morpholine rings is 1. The van der Waals surface area contributed by atoms with Crippen LogP contribution in [-0.4, -0.2) is 31.7 Å². The molecule has 0 saturated carbocycles. The highest BCUT2D eigenvalue weighted by molar-refractivity contribution is 7.99. The Morgan fingerprint density at radius 3 is 2.62 bits per heavy atom. The number of anilines is 1. The lowest BCUT2D eigenvalue weighted by atomic mass is 10.1.